The average molecular weight is 347 g/mol. The topological polar surface area (TPSA) is 72.5 Å². The van der Waals surface area contributed by atoms with Gasteiger partial charge in [-0.2, -0.15) is 0 Å². The van der Waals surface area contributed by atoms with E-state index in [0.29, 0.717) is 12.8 Å². The SMILES string of the molecule is Cc1ccc(NC(=O)COC(=O)C2C[C@@H]3CCC[C@@H](C2)C3=O)c(F)c1. The third kappa shape index (κ3) is 4.06. The number of benzene rings is 1. The van der Waals surface area contributed by atoms with E-state index in [9.17, 15) is 18.8 Å². The zero-order valence-electron chi connectivity index (χ0n) is 14.2. The maximum Gasteiger partial charge on any atom is 0.309 e. The van der Waals surface area contributed by atoms with Gasteiger partial charge in [0, 0.05) is 11.8 Å². The summed E-state index contributed by atoms with van der Waals surface area (Å²) in [5.41, 5.74) is 0.809. The third-order valence-corrected chi connectivity index (χ3v) is 5.13. The Kier molecular flexibility index (Phi) is 5.16. The Morgan fingerprint density at radius 3 is 2.56 bits per heavy atom. The van der Waals surface area contributed by atoms with Crippen LogP contribution in [0, 0.1) is 30.5 Å². The van der Waals surface area contributed by atoms with Crippen molar-refractivity contribution in [2.75, 3.05) is 11.9 Å². The molecule has 0 unspecified atom stereocenters. The molecule has 134 valence electrons. The van der Waals surface area contributed by atoms with Gasteiger partial charge in [-0.3, -0.25) is 14.4 Å². The van der Waals surface area contributed by atoms with Crippen molar-refractivity contribution in [3.8, 4) is 0 Å². The summed E-state index contributed by atoms with van der Waals surface area (Å²) >= 11 is 0. The second-order valence-electron chi connectivity index (χ2n) is 7.03. The van der Waals surface area contributed by atoms with E-state index >= 15 is 0 Å². The lowest BCUT2D eigenvalue weighted by molar-refractivity contribution is -0.155. The maximum absolute atomic E-state index is 13.7. The number of anilines is 1. The molecule has 2 saturated carbocycles. The van der Waals surface area contributed by atoms with Gasteiger partial charge in [0.2, 0.25) is 0 Å². The number of hydrogen-bond acceptors (Lipinski definition) is 4. The summed E-state index contributed by atoms with van der Waals surface area (Å²) in [5, 5.41) is 2.40. The maximum atomic E-state index is 13.7. The summed E-state index contributed by atoms with van der Waals surface area (Å²) in [6.45, 7) is 1.30. The molecule has 5 nitrogen and oxygen atoms in total. The van der Waals surface area contributed by atoms with E-state index in [2.05, 4.69) is 5.32 Å². The van der Waals surface area contributed by atoms with E-state index in [4.69, 9.17) is 4.74 Å². The van der Waals surface area contributed by atoms with Crippen molar-refractivity contribution in [1.29, 1.82) is 0 Å². The number of rotatable bonds is 4. The van der Waals surface area contributed by atoms with E-state index in [1.165, 1.54) is 12.1 Å². The first-order valence-corrected chi connectivity index (χ1v) is 8.70. The van der Waals surface area contributed by atoms with Gasteiger partial charge in [0.1, 0.15) is 11.6 Å². The van der Waals surface area contributed by atoms with Crippen LogP contribution in [0.5, 0.6) is 0 Å². The first kappa shape index (κ1) is 17.6. The van der Waals surface area contributed by atoms with Crippen molar-refractivity contribution < 1.29 is 23.5 Å². The molecule has 1 N–H and O–H groups in total. The molecule has 25 heavy (non-hydrogen) atoms. The van der Waals surface area contributed by atoms with Crippen molar-refractivity contribution in [2.24, 2.45) is 17.8 Å². The van der Waals surface area contributed by atoms with E-state index in [-0.39, 0.29) is 29.2 Å². The Bertz CT molecular complexity index is 687. The highest BCUT2D eigenvalue weighted by atomic mass is 19.1. The molecule has 1 amide bonds. The molecule has 2 aliphatic carbocycles. The molecule has 2 bridgehead atoms. The third-order valence-electron chi connectivity index (χ3n) is 5.13. The Balaban J connectivity index is 1.50. The largest absolute Gasteiger partial charge is 0.455 e. The average Bonchev–Trinajstić information content (AvgIpc) is 2.55. The number of fused-ring (bicyclic) bond motifs is 2. The molecule has 2 aliphatic rings. The van der Waals surface area contributed by atoms with Gasteiger partial charge in [-0.05, 0) is 50.3 Å². The Hall–Kier alpha value is -2.24. The minimum absolute atomic E-state index is 0.0412. The lowest BCUT2D eigenvalue weighted by atomic mass is 9.67. The van der Waals surface area contributed by atoms with Crippen molar-refractivity contribution in [3.63, 3.8) is 0 Å². The van der Waals surface area contributed by atoms with Gasteiger partial charge < -0.3 is 10.1 Å². The van der Waals surface area contributed by atoms with Crippen LogP contribution in [0.3, 0.4) is 0 Å². The number of carbonyl (C=O) groups excluding carboxylic acids is 3. The second-order valence-corrected chi connectivity index (χ2v) is 7.03. The molecule has 0 heterocycles. The van der Waals surface area contributed by atoms with Crippen molar-refractivity contribution in [3.05, 3.63) is 29.6 Å². The molecule has 6 heteroatoms. The fourth-order valence-electron chi connectivity index (χ4n) is 3.83. The van der Waals surface area contributed by atoms with Crippen LogP contribution in [0.2, 0.25) is 0 Å². The van der Waals surface area contributed by atoms with Crippen LogP contribution in [0.25, 0.3) is 0 Å². The summed E-state index contributed by atoms with van der Waals surface area (Å²) in [4.78, 5) is 36.1. The Labute approximate surface area is 145 Å². The van der Waals surface area contributed by atoms with Crippen molar-refractivity contribution >= 4 is 23.3 Å². The first-order chi connectivity index (χ1) is 11.9. The minimum Gasteiger partial charge on any atom is -0.455 e. The summed E-state index contributed by atoms with van der Waals surface area (Å²) in [5.74, 6) is -1.67. The molecule has 3 rings (SSSR count). The molecule has 0 saturated heterocycles. The number of carbonyl (C=O) groups is 3. The lowest BCUT2D eigenvalue weighted by Gasteiger charge is -2.36. The second kappa shape index (κ2) is 7.33. The molecule has 0 radical (unpaired) electrons. The number of amides is 1. The molecular weight excluding hydrogens is 325 g/mol. The smallest absolute Gasteiger partial charge is 0.309 e. The van der Waals surface area contributed by atoms with Gasteiger partial charge in [-0.1, -0.05) is 12.5 Å². The van der Waals surface area contributed by atoms with Gasteiger partial charge in [0.25, 0.3) is 5.91 Å². The van der Waals surface area contributed by atoms with Crippen LogP contribution in [0.15, 0.2) is 18.2 Å². The summed E-state index contributed by atoms with van der Waals surface area (Å²) in [7, 11) is 0. The van der Waals surface area contributed by atoms with Crippen LogP contribution < -0.4 is 5.32 Å². The lowest BCUT2D eigenvalue weighted by Crippen LogP contribution is -2.40. The van der Waals surface area contributed by atoms with Crippen LogP contribution in [0.4, 0.5) is 10.1 Å². The fourth-order valence-corrected chi connectivity index (χ4v) is 3.83. The zero-order chi connectivity index (χ0) is 18.0. The van der Waals surface area contributed by atoms with Crippen molar-refractivity contribution in [1.82, 2.24) is 0 Å². The normalized spacial score (nSPS) is 25.4. The number of esters is 1. The summed E-state index contributed by atoms with van der Waals surface area (Å²) in [6.07, 6.45) is 3.75. The number of ether oxygens (including phenoxy) is 1. The molecule has 2 atom stereocenters. The highest BCUT2D eigenvalue weighted by Crippen LogP contribution is 2.40. The molecule has 2 fully saturated rings. The summed E-state index contributed by atoms with van der Waals surface area (Å²) < 4.78 is 18.8. The predicted octanol–water partition coefficient (Wildman–Crippen LogP) is 3.01. The number of ketones is 1. The van der Waals surface area contributed by atoms with Gasteiger partial charge in [-0.25, -0.2) is 4.39 Å². The van der Waals surface area contributed by atoms with Crippen LogP contribution in [-0.4, -0.2) is 24.3 Å². The zero-order valence-corrected chi connectivity index (χ0v) is 14.2. The van der Waals surface area contributed by atoms with Gasteiger partial charge in [0.05, 0.1) is 11.6 Å². The summed E-state index contributed by atoms with van der Waals surface area (Å²) in [6, 6.07) is 4.47. The predicted molar refractivity (Wildman–Crippen MR) is 89.3 cm³/mol. The highest BCUT2D eigenvalue weighted by Gasteiger charge is 2.41. The monoisotopic (exact) mass is 347 g/mol. The van der Waals surface area contributed by atoms with Gasteiger partial charge >= 0.3 is 5.97 Å². The fraction of sp³-hybridized carbons (Fsp3) is 0.526. The molecule has 0 spiro atoms. The molecule has 1 aromatic rings. The van der Waals surface area contributed by atoms with Gasteiger partial charge in [0.15, 0.2) is 6.61 Å². The van der Waals surface area contributed by atoms with Crippen LogP contribution in [0.1, 0.15) is 37.7 Å². The van der Waals surface area contributed by atoms with Gasteiger partial charge in [-0.15, -0.1) is 0 Å². The number of Topliss-reactive ketones (excluding diaryl/α,β-unsaturated/α-hetero) is 1. The Morgan fingerprint density at radius 2 is 1.92 bits per heavy atom. The van der Waals surface area contributed by atoms with Crippen LogP contribution in [-0.2, 0) is 19.1 Å². The highest BCUT2D eigenvalue weighted by molar-refractivity contribution is 5.93. The first-order valence-electron chi connectivity index (χ1n) is 8.70. The minimum atomic E-state index is -0.580. The van der Waals surface area contributed by atoms with E-state index < -0.39 is 24.3 Å². The molecular formula is C19H22FNO4. The number of hydrogen-bond donors (Lipinski definition) is 1. The van der Waals surface area contributed by atoms with Crippen LogP contribution >= 0.6 is 0 Å². The molecule has 1 aromatic carbocycles. The standard InChI is InChI=1S/C19H22FNO4/c1-11-5-6-16(15(20)7-11)21-17(22)10-25-19(24)14-8-12-3-2-4-13(9-14)18(12)23/h5-7,12-14H,2-4,8-10H2,1H3,(H,21,22)/t12-,13-/m0/s1. The molecule has 0 aromatic heterocycles. The Morgan fingerprint density at radius 1 is 1.24 bits per heavy atom. The number of aryl methyl sites for hydroxylation is 1. The number of nitrogens with one attached hydrogen (secondary N) is 1. The number of halogens is 1. The van der Waals surface area contributed by atoms with E-state index in [1.807, 2.05) is 0 Å². The van der Waals surface area contributed by atoms with E-state index in [1.54, 1.807) is 13.0 Å². The van der Waals surface area contributed by atoms with E-state index in [0.717, 1.165) is 24.8 Å². The van der Waals surface area contributed by atoms with Crippen molar-refractivity contribution in [2.45, 2.75) is 39.0 Å². The molecule has 0 aliphatic heterocycles. The quantitative estimate of drug-likeness (QED) is 0.850.